The van der Waals surface area contributed by atoms with E-state index in [-0.39, 0.29) is 0 Å². The van der Waals surface area contributed by atoms with Crippen LogP contribution in [0.15, 0.2) is 22.9 Å². The number of pyridine rings is 1. The van der Waals surface area contributed by atoms with Crippen molar-refractivity contribution in [1.29, 1.82) is 0 Å². The number of amides is 1. The largest absolute Gasteiger partial charge is 0.479 e. The molecule has 0 saturated heterocycles. The van der Waals surface area contributed by atoms with Gasteiger partial charge in [-0.3, -0.25) is 9.63 Å². The van der Waals surface area contributed by atoms with Crippen molar-refractivity contribution in [2.45, 2.75) is 0 Å². The van der Waals surface area contributed by atoms with Crippen molar-refractivity contribution < 1.29 is 19.5 Å². The summed E-state index contributed by atoms with van der Waals surface area (Å²) in [5.41, 5.74) is 2.31. The first-order valence-corrected chi connectivity index (χ1v) is 4.64. The van der Waals surface area contributed by atoms with Gasteiger partial charge in [0.2, 0.25) is 0 Å². The number of nitrogens with zero attached hydrogens (tertiary/aromatic N) is 1. The van der Waals surface area contributed by atoms with Crippen LogP contribution in [-0.2, 0) is 9.63 Å². The Morgan fingerprint density at radius 1 is 1.60 bits per heavy atom. The van der Waals surface area contributed by atoms with E-state index >= 15 is 0 Å². The highest BCUT2D eigenvalue weighted by atomic mass is 79.9. The number of hydrogen-bond donors (Lipinski definition) is 2. The van der Waals surface area contributed by atoms with Crippen LogP contribution < -0.4 is 5.48 Å². The highest BCUT2D eigenvalue weighted by molar-refractivity contribution is 9.10. The Morgan fingerprint density at radius 2 is 2.33 bits per heavy atom. The van der Waals surface area contributed by atoms with E-state index in [1.807, 2.05) is 5.48 Å². The summed E-state index contributed by atoms with van der Waals surface area (Å²) >= 11 is 3.10. The van der Waals surface area contributed by atoms with Gasteiger partial charge in [0, 0.05) is 11.8 Å². The molecule has 0 radical (unpaired) electrons. The first kappa shape index (κ1) is 11.6. The number of aliphatic carboxylic acids is 1. The molecule has 80 valence electrons. The lowest BCUT2D eigenvalue weighted by atomic mass is 10.3. The minimum absolute atomic E-state index is 0.322. The number of carboxylic acid groups (broad SMARTS) is 1. The van der Waals surface area contributed by atoms with Gasteiger partial charge >= 0.3 is 5.97 Å². The second-order valence-corrected chi connectivity index (χ2v) is 3.29. The molecule has 0 spiro atoms. The quantitative estimate of drug-likeness (QED) is 0.620. The molecule has 6 nitrogen and oxygen atoms in total. The number of carbonyl (C=O) groups is 2. The fourth-order valence-corrected chi connectivity index (χ4v) is 1.13. The van der Waals surface area contributed by atoms with Gasteiger partial charge in [0.25, 0.3) is 5.91 Å². The van der Waals surface area contributed by atoms with E-state index < -0.39 is 18.5 Å². The van der Waals surface area contributed by atoms with E-state index in [0.29, 0.717) is 10.2 Å². The maximum absolute atomic E-state index is 11.3. The van der Waals surface area contributed by atoms with Crippen molar-refractivity contribution in [2.75, 3.05) is 6.61 Å². The summed E-state index contributed by atoms with van der Waals surface area (Å²) in [5, 5.41) is 8.25. The third-order valence-electron chi connectivity index (χ3n) is 1.35. The molecule has 0 aliphatic heterocycles. The molecule has 1 aromatic rings. The fraction of sp³-hybridized carbons (Fsp3) is 0.125. The van der Waals surface area contributed by atoms with Crippen LogP contribution in [0.4, 0.5) is 0 Å². The maximum atomic E-state index is 11.3. The van der Waals surface area contributed by atoms with Gasteiger partial charge in [-0.05, 0) is 28.1 Å². The predicted molar refractivity (Wildman–Crippen MR) is 53.0 cm³/mol. The normalized spacial score (nSPS) is 9.67. The topological polar surface area (TPSA) is 88.5 Å². The Bertz CT molecular complexity index is 383. The van der Waals surface area contributed by atoms with E-state index in [9.17, 15) is 9.59 Å². The fourth-order valence-electron chi connectivity index (χ4n) is 0.766. The van der Waals surface area contributed by atoms with Crippen LogP contribution in [0.1, 0.15) is 10.4 Å². The molecule has 0 unspecified atom stereocenters. The number of halogens is 1. The summed E-state index contributed by atoms with van der Waals surface area (Å²) in [5.74, 6) is -1.69. The van der Waals surface area contributed by atoms with Crippen molar-refractivity contribution in [2.24, 2.45) is 0 Å². The summed E-state index contributed by atoms with van der Waals surface area (Å²) < 4.78 is 0.508. The van der Waals surface area contributed by atoms with E-state index in [0.717, 1.165) is 0 Å². The van der Waals surface area contributed by atoms with Gasteiger partial charge in [0.15, 0.2) is 6.61 Å². The highest BCUT2D eigenvalue weighted by Gasteiger charge is 2.06. The molecule has 0 bridgehead atoms. The van der Waals surface area contributed by atoms with Crippen molar-refractivity contribution in [3.8, 4) is 0 Å². The Hall–Kier alpha value is -1.47. The summed E-state index contributed by atoms with van der Waals surface area (Å²) in [7, 11) is 0. The third kappa shape index (κ3) is 4.05. The summed E-state index contributed by atoms with van der Waals surface area (Å²) in [6, 6.07) is 2.96. The molecule has 0 saturated carbocycles. The molecular weight excluding hydrogens is 268 g/mol. The number of rotatable bonds is 4. The summed E-state index contributed by atoms with van der Waals surface area (Å²) in [4.78, 5) is 29.6. The van der Waals surface area contributed by atoms with Crippen LogP contribution in [0.2, 0.25) is 0 Å². The van der Waals surface area contributed by atoms with Crippen molar-refractivity contribution in [3.05, 3.63) is 28.5 Å². The van der Waals surface area contributed by atoms with Crippen LogP contribution >= 0.6 is 15.9 Å². The lowest BCUT2D eigenvalue weighted by molar-refractivity contribution is -0.144. The van der Waals surface area contributed by atoms with Gasteiger partial charge in [0.1, 0.15) is 4.60 Å². The molecule has 0 fully saturated rings. The van der Waals surface area contributed by atoms with Gasteiger partial charge in [0.05, 0.1) is 0 Å². The minimum atomic E-state index is -1.16. The molecule has 15 heavy (non-hydrogen) atoms. The van der Waals surface area contributed by atoms with Crippen molar-refractivity contribution in [3.63, 3.8) is 0 Å². The Kier molecular flexibility index (Phi) is 4.19. The molecule has 2 N–H and O–H groups in total. The number of carboxylic acids is 1. The first-order chi connectivity index (χ1) is 7.09. The van der Waals surface area contributed by atoms with Crippen molar-refractivity contribution >= 4 is 27.8 Å². The third-order valence-corrected chi connectivity index (χ3v) is 1.78. The van der Waals surface area contributed by atoms with E-state index in [1.54, 1.807) is 0 Å². The molecule has 1 amide bonds. The van der Waals surface area contributed by atoms with Crippen LogP contribution in [-0.4, -0.2) is 28.6 Å². The minimum Gasteiger partial charge on any atom is -0.479 e. The lowest BCUT2D eigenvalue weighted by Gasteiger charge is -2.03. The van der Waals surface area contributed by atoms with Gasteiger partial charge in [-0.1, -0.05) is 0 Å². The summed E-state index contributed by atoms with van der Waals surface area (Å²) in [6.45, 7) is -0.585. The zero-order valence-electron chi connectivity index (χ0n) is 7.44. The Morgan fingerprint density at radius 3 is 2.93 bits per heavy atom. The smallest absolute Gasteiger partial charge is 0.332 e. The number of hydrogen-bond acceptors (Lipinski definition) is 4. The molecule has 0 atom stereocenters. The lowest BCUT2D eigenvalue weighted by Crippen LogP contribution is -2.26. The average Bonchev–Trinajstić information content (AvgIpc) is 2.17. The zero-order chi connectivity index (χ0) is 11.3. The SMILES string of the molecule is O=C(O)CONC(=O)c1ccnc(Br)c1. The zero-order valence-corrected chi connectivity index (χ0v) is 9.02. The van der Waals surface area contributed by atoms with Crippen LogP contribution in [0.3, 0.4) is 0 Å². The molecule has 7 heteroatoms. The van der Waals surface area contributed by atoms with Crippen LogP contribution in [0.5, 0.6) is 0 Å². The number of carbonyl (C=O) groups excluding carboxylic acids is 1. The van der Waals surface area contributed by atoms with Gasteiger partial charge < -0.3 is 5.11 Å². The molecular formula is C8H7BrN2O4. The average molecular weight is 275 g/mol. The van der Waals surface area contributed by atoms with E-state index in [4.69, 9.17) is 5.11 Å². The maximum Gasteiger partial charge on any atom is 0.332 e. The van der Waals surface area contributed by atoms with Crippen LogP contribution in [0.25, 0.3) is 0 Å². The second-order valence-electron chi connectivity index (χ2n) is 2.48. The van der Waals surface area contributed by atoms with Crippen LogP contribution in [0, 0.1) is 0 Å². The predicted octanol–water partition coefficient (Wildman–Crippen LogP) is 0.590. The van der Waals surface area contributed by atoms with Gasteiger partial charge in [-0.25, -0.2) is 15.3 Å². The number of aromatic nitrogens is 1. The first-order valence-electron chi connectivity index (χ1n) is 3.85. The standard InChI is InChI=1S/C8H7BrN2O4/c9-6-3-5(1-2-10-6)8(14)11-15-4-7(12)13/h1-3H,4H2,(H,11,14)(H,12,13). The number of nitrogens with one attached hydrogen (secondary N) is 1. The monoisotopic (exact) mass is 274 g/mol. The molecule has 0 aliphatic rings. The van der Waals surface area contributed by atoms with Gasteiger partial charge in [-0.15, -0.1) is 0 Å². The molecule has 0 aromatic carbocycles. The molecule has 1 rings (SSSR count). The highest BCUT2D eigenvalue weighted by Crippen LogP contribution is 2.07. The van der Waals surface area contributed by atoms with E-state index in [2.05, 4.69) is 25.8 Å². The number of hydroxylamine groups is 1. The molecule has 1 heterocycles. The Labute approximate surface area is 93.3 Å². The van der Waals surface area contributed by atoms with E-state index in [1.165, 1.54) is 18.3 Å². The summed E-state index contributed by atoms with van der Waals surface area (Å²) in [6.07, 6.45) is 1.44. The molecule has 0 aliphatic carbocycles. The molecule has 1 aromatic heterocycles. The second kappa shape index (κ2) is 5.42. The van der Waals surface area contributed by atoms with Crippen molar-refractivity contribution in [1.82, 2.24) is 10.5 Å². The Balaban J connectivity index is 2.50. The van der Waals surface area contributed by atoms with Gasteiger partial charge in [-0.2, -0.15) is 0 Å².